The molecule has 0 aromatic carbocycles. The van der Waals surface area contributed by atoms with E-state index in [0.29, 0.717) is 0 Å². The summed E-state index contributed by atoms with van der Waals surface area (Å²) in [6, 6.07) is 0. The summed E-state index contributed by atoms with van der Waals surface area (Å²) in [5.41, 5.74) is 0. The van der Waals surface area contributed by atoms with Crippen LogP contribution in [0.25, 0.3) is 0 Å². The molecule has 0 N–H and O–H groups in total. The number of rotatable bonds is 4. The Bertz CT molecular complexity index is 79.1. The summed E-state index contributed by atoms with van der Waals surface area (Å²) >= 11 is 2.19. The van der Waals surface area contributed by atoms with E-state index in [1.54, 1.807) is 0 Å². The second-order valence-electron chi connectivity index (χ2n) is 3.69. The van der Waals surface area contributed by atoms with Gasteiger partial charge in [0.2, 0.25) is 0 Å². The number of hydrogen-bond acceptors (Lipinski definition) is 1. The molecule has 0 saturated carbocycles. The van der Waals surface area contributed by atoms with Crippen molar-refractivity contribution in [3.63, 3.8) is 0 Å². The summed E-state index contributed by atoms with van der Waals surface area (Å²) in [5.74, 6) is 1.59. The molecule has 0 rings (SSSR count). The van der Waals surface area contributed by atoms with Crippen LogP contribution in [0.3, 0.4) is 0 Å². The SMILES string of the molecule is CC(C)C[N]([Ti])CC(C)C.Cl.Cl. The van der Waals surface area contributed by atoms with E-state index < -0.39 is 0 Å². The standard InChI is InChI=1S/C8H18N.2ClH.Ti/c1-7(2)5-9-6-8(3)4;;;/h7-8H,5-6H2,1-4H3;2*1H;/q-1;;;+1. The van der Waals surface area contributed by atoms with Gasteiger partial charge in [-0.15, -0.1) is 24.8 Å². The van der Waals surface area contributed by atoms with Crippen molar-refractivity contribution in [1.29, 1.82) is 0 Å². The third kappa shape index (κ3) is 13.8. The third-order valence-electron chi connectivity index (χ3n) is 1.17. The Morgan fingerprint density at radius 1 is 0.917 bits per heavy atom. The second-order valence-corrected chi connectivity index (χ2v) is 4.68. The van der Waals surface area contributed by atoms with Crippen LogP contribution in [0.1, 0.15) is 27.7 Å². The summed E-state index contributed by atoms with van der Waals surface area (Å²) in [4.78, 5) is 0. The maximum atomic E-state index is 2.40. The Morgan fingerprint density at radius 3 is 1.33 bits per heavy atom. The first-order valence-electron chi connectivity index (χ1n) is 3.98. The van der Waals surface area contributed by atoms with Crippen molar-refractivity contribution in [3.8, 4) is 0 Å². The average molecular weight is 249 g/mol. The molecular weight excluding hydrogens is 229 g/mol. The van der Waals surface area contributed by atoms with Gasteiger partial charge in [-0.3, -0.25) is 0 Å². The molecular formula is C8H20Cl2NTi. The molecule has 75 valence electrons. The van der Waals surface area contributed by atoms with E-state index >= 15 is 0 Å². The zero-order valence-electron chi connectivity index (χ0n) is 8.33. The van der Waals surface area contributed by atoms with Crippen molar-refractivity contribution in [2.45, 2.75) is 27.7 Å². The molecule has 0 fully saturated rings. The Morgan fingerprint density at radius 2 is 1.17 bits per heavy atom. The van der Waals surface area contributed by atoms with Crippen LogP contribution >= 0.6 is 24.8 Å². The first kappa shape index (κ1) is 18.9. The molecule has 0 unspecified atom stereocenters. The van der Waals surface area contributed by atoms with Gasteiger partial charge in [0, 0.05) is 0 Å². The van der Waals surface area contributed by atoms with E-state index in [4.69, 9.17) is 0 Å². The summed E-state index contributed by atoms with van der Waals surface area (Å²) in [6.45, 7) is 11.5. The minimum absolute atomic E-state index is 0. The number of halogens is 2. The fourth-order valence-electron chi connectivity index (χ4n) is 0.956. The van der Waals surface area contributed by atoms with Gasteiger partial charge in [-0.2, -0.15) is 0 Å². The van der Waals surface area contributed by atoms with Crippen molar-refractivity contribution < 1.29 is 20.7 Å². The Labute approximate surface area is 101 Å². The molecule has 0 heterocycles. The monoisotopic (exact) mass is 248 g/mol. The van der Waals surface area contributed by atoms with Gasteiger partial charge >= 0.3 is 76.7 Å². The van der Waals surface area contributed by atoms with E-state index in [1.165, 1.54) is 13.1 Å². The van der Waals surface area contributed by atoms with Gasteiger partial charge in [-0.1, -0.05) is 0 Å². The fraction of sp³-hybridized carbons (Fsp3) is 1.00. The van der Waals surface area contributed by atoms with Crippen molar-refractivity contribution in [2.75, 3.05) is 13.1 Å². The van der Waals surface area contributed by atoms with Gasteiger partial charge in [-0.25, -0.2) is 0 Å². The maximum Gasteiger partial charge on any atom is -0.147 e. The maximum absolute atomic E-state index is 2.40. The first-order chi connectivity index (χ1) is 4.52. The van der Waals surface area contributed by atoms with Crippen LogP contribution in [0, 0.1) is 11.8 Å². The first-order valence-corrected chi connectivity index (χ1v) is 4.68. The molecule has 12 heavy (non-hydrogen) atoms. The molecule has 0 radical (unpaired) electrons. The molecule has 1 nitrogen and oxygen atoms in total. The van der Waals surface area contributed by atoms with Gasteiger partial charge < -0.3 is 0 Å². The summed E-state index contributed by atoms with van der Waals surface area (Å²) < 4.78 is 2.40. The van der Waals surface area contributed by atoms with Crippen LogP contribution in [0.15, 0.2) is 0 Å². The van der Waals surface area contributed by atoms with Gasteiger partial charge in [0.15, 0.2) is 0 Å². The van der Waals surface area contributed by atoms with Crippen LogP contribution < -0.4 is 0 Å². The number of nitrogens with zero attached hydrogens (tertiary/aromatic N) is 1. The topological polar surface area (TPSA) is 3.24 Å². The molecule has 4 heteroatoms. The molecule has 0 spiro atoms. The van der Waals surface area contributed by atoms with Crippen molar-refractivity contribution >= 4 is 24.8 Å². The average Bonchev–Trinajstić information content (AvgIpc) is 1.58. The minimum Gasteiger partial charge on any atom is -0.147 e. The molecule has 0 aromatic rings. The molecule has 0 aliphatic heterocycles. The Kier molecular flexibility index (Phi) is 16.3. The van der Waals surface area contributed by atoms with Gasteiger partial charge in [-0.05, 0) is 0 Å². The van der Waals surface area contributed by atoms with Gasteiger partial charge in [0.25, 0.3) is 0 Å². The summed E-state index contributed by atoms with van der Waals surface area (Å²) in [7, 11) is 0. The second kappa shape index (κ2) is 10.3. The van der Waals surface area contributed by atoms with Crippen LogP contribution in [0.5, 0.6) is 0 Å². The predicted molar refractivity (Wildman–Crippen MR) is 55.7 cm³/mol. The van der Waals surface area contributed by atoms with Crippen LogP contribution in [0.4, 0.5) is 0 Å². The summed E-state index contributed by atoms with van der Waals surface area (Å²) in [6.07, 6.45) is 0. The fourth-order valence-corrected chi connectivity index (χ4v) is 2.10. The van der Waals surface area contributed by atoms with Crippen LogP contribution in [-0.4, -0.2) is 16.5 Å². The van der Waals surface area contributed by atoms with E-state index in [-0.39, 0.29) is 24.8 Å². The van der Waals surface area contributed by atoms with Crippen molar-refractivity contribution in [2.24, 2.45) is 11.8 Å². The molecule has 0 atom stereocenters. The van der Waals surface area contributed by atoms with E-state index in [2.05, 4.69) is 51.8 Å². The Hall–Kier alpha value is 1.25. The summed E-state index contributed by atoms with van der Waals surface area (Å²) in [5, 5.41) is 0. The zero-order chi connectivity index (χ0) is 8.15. The zero-order valence-corrected chi connectivity index (χ0v) is 11.5. The quantitative estimate of drug-likeness (QED) is 0.692. The van der Waals surface area contributed by atoms with Gasteiger partial charge in [0.05, 0.1) is 0 Å². The van der Waals surface area contributed by atoms with Gasteiger partial charge in [0.1, 0.15) is 0 Å². The minimum atomic E-state index is 0. The van der Waals surface area contributed by atoms with E-state index in [9.17, 15) is 0 Å². The molecule has 0 aliphatic rings. The number of hydrogen-bond donors (Lipinski definition) is 0. The van der Waals surface area contributed by atoms with E-state index in [1.807, 2.05) is 0 Å². The van der Waals surface area contributed by atoms with Crippen molar-refractivity contribution in [1.82, 2.24) is 3.38 Å². The largest absolute Gasteiger partial charge is 0.147 e. The molecule has 0 aromatic heterocycles. The smallest absolute Gasteiger partial charge is 0.147 e. The van der Waals surface area contributed by atoms with Crippen molar-refractivity contribution in [3.05, 3.63) is 0 Å². The Balaban J connectivity index is -0.000000405. The molecule has 0 bridgehead atoms. The molecule has 0 aliphatic carbocycles. The molecule has 0 amide bonds. The third-order valence-corrected chi connectivity index (χ3v) is 1.74. The van der Waals surface area contributed by atoms with Crippen LogP contribution in [0.2, 0.25) is 0 Å². The van der Waals surface area contributed by atoms with Crippen LogP contribution in [-0.2, 0) is 20.7 Å². The van der Waals surface area contributed by atoms with E-state index in [0.717, 1.165) is 11.8 Å². The molecule has 0 saturated heterocycles. The predicted octanol–water partition coefficient (Wildman–Crippen LogP) is 2.91. The normalized spacial score (nSPS) is 9.83.